The Kier molecular flexibility index (Phi) is 10.2. The van der Waals surface area contributed by atoms with E-state index in [2.05, 4.69) is 21.6 Å². The van der Waals surface area contributed by atoms with Gasteiger partial charge in [0.1, 0.15) is 6.33 Å². The molecule has 5 heteroatoms. The maximum absolute atomic E-state index is 9.81. The van der Waals surface area contributed by atoms with Crippen molar-refractivity contribution >= 4 is 6.16 Å². The quantitative estimate of drug-likeness (QED) is 0.617. The number of nitrogens with zero attached hydrogens (tertiary/aromatic N) is 2. The van der Waals surface area contributed by atoms with Crippen LogP contribution >= 0.6 is 0 Å². The van der Waals surface area contributed by atoms with E-state index in [0.717, 1.165) is 25.7 Å². The van der Waals surface area contributed by atoms with Gasteiger partial charge in [0.15, 0.2) is 0 Å². The summed E-state index contributed by atoms with van der Waals surface area (Å²) in [7, 11) is 0. The highest BCUT2D eigenvalue weighted by atomic mass is 16.7. The van der Waals surface area contributed by atoms with E-state index in [1.54, 1.807) is 18.5 Å². The van der Waals surface area contributed by atoms with Crippen molar-refractivity contribution in [3.63, 3.8) is 0 Å². The second-order valence-corrected chi connectivity index (χ2v) is 3.08. The van der Waals surface area contributed by atoms with Crippen LogP contribution in [0.5, 0.6) is 0 Å². The highest BCUT2D eigenvalue weighted by Crippen LogP contribution is 1.98. The van der Waals surface area contributed by atoms with Crippen LogP contribution in [0.4, 0.5) is 4.79 Å². The number of hydrogen-bond acceptors (Lipinski definition) is 4. The predicted molar refractivity (Wildman–Crippen MR) is 60.2 cm³/mol. The van der Waals surface area contributed by atoms with Gasteiger partial charge in [-0.25, -0.2) is 14.8 Å². The lowest BCUT2D eigenvalue weighted by molar-refractivity contribution is 0.0900. The van der Waals surface area contributed by atoms with E-state index in [1.165, 1.54) is 6.33 Å². The fourth-order valence-corrected chi connectivity index (χ4v) is 0.942. The van der Waals surface area contributed by atoms with Crippen molar-refractivity contribution in [1.82, 2.24) is 9.97 Å². The second kappa shape index (κ2) is 11.4. The Hall–Kier alpha value is -1.65. The van der Waals surface area contributed by atoms with Gasteiger partial charge in [-0.15, -0.1) is 0 Å². The molecule has 0 saturated carbocycles. The van der Waals surface area contributed by atoms with E-state index in [9.17, 15) is 4.79 Å². The number of carbonyl (C=O) groups is 1. The molecular formula is C11H18N2O3. The normalized spacial score (nSPS) is 8.81. The van der Waals surface area contributed by atoms with Crippen LogP contribution < -0.4 is 0 Å². The number of hydrogen-bond donors (Lipinski definition) is 1. The summed E-state index contributed by atoms with van der Waals surface area (Å²) in [5.41, 5.74) is 0. The smallest absolute Gasteiger partial charge is 0.450 e. The molecule has 0 aliphatic heterocycles. The van der Waals surface area contributed by atoms with Crippen molar-refractivity contribution in [3.05, 3.63) is 24.8 Å². The average Bonchev–Trinajstić information content (AvgIpc) is 2.31. The summed E-state index contributed by atoms with van der Waals surface area (Å²) in [4.78, 5) is 17.2. The fourth-order valence-electron chi connectivity index (χ4n) is 0.942. The molecule has 0 bridgehead atoms. The lowest BCUT2D eigenvalue weighted by Gasteiger charge is -1.98. The Morgan fingerprint density at radius 2 is 1.94 bits per heavy atom. The molecule has 1 heterocycles. The van der Waals surface area contributed by atoms with Crippen molar-refractivity contribution < 1.29 is 14.6 Å². The zero-order chi connectivity index (χ0) is 12.1. The third kappa shape index (κ3) is 12.3. The highest BCUT2D eigenvalue weighted by Gasteiger charge is 1.93. The van der Waals surface area contributed by atoms with Crippen LogP contribution in [0.2, 0.25) is 0 Å². The Morgan fingerprint density at radius 3 is 2.31 bits per heavy atom. The maximum atomic E-state index is 9.81. The van der Waals surface area contributed by atoms with Crippen molar-refractivity contribution in [3.8, 4) is 0 Å². The van der Waals surface area contributed by atoms with Crippen LogP contribution in [0, 0.1) is 0 Å². The minimum Gasteiger partial charge on any atom is -0.450 e. The van der Waals surface area contributed by atoms with Crippen molar-refractivity contribution in [2.75, 3.05) is 6.61 Å². The topological polar surface area (TPSA) is 72.3 Å². The minimum atomic E-state index is -1.17. The zero-order valence-corrected chi connectivity index (χ0v) is 9.50. The molecule has 0 saturated heterocycles. The largest absolute Gasteiger partial charge is 0.505 e. The molecule has 0 radical (unpaired) electrons. The molecule has 0 fully saturated rings. The van der Waals surface area contributed by atoms with Crippen molar-refractivity contribution in [2.45, 2.75) is 32.6 Å². The molecule has 0 aliphatic rings. The lowest BCUT2D eigenvalue weighted by Crippen LogP contribution is -2.01. The molecular weight excluding hydrogens is 208 g/mol. The molecule has 0 aliphatic carbocycles. The van der Waals surface area contributed by atoms with Crippen LogP contribution in [0.15, 0.2) is 24.8 Å². The van der Waals surface area contributed by atoms with Gasteiger partial charge >= 0.3 is 6.16 Å². The van der Waals surface area contributed by atoms with E-state index in [4.69, 9.17) is 5.11 Å². The van der Waals surface area contributed by atoms with E-state index in [1.807, 2.05) is 0 Å². The molecule has 90 valence electrons. The number of unbranched alkanes of at least 4 members (excludes halogenated alkanes) is 3. The van der Waals surface area contributed by atoms with E-state index in [0.29, 0.717) is 6.61 Å². The summed E-state index contributed by atoms with van der Waals surface area (Å²) < 4.78 is 4.31. The monoisotopic (exact) mass is 226 g/mol. The summed E-state index contributed by atoms with van der Waals surface area (Å²) in [5, 5.41) is 8.05. The average molecular weight is 226 g/mol. The van der Waals surface area contributed by atoms with Crippen LogP contribution in [-0.4, -0.2) is 27.8 Å². The first-order valence-electron chi connectivity index (χ1n) is 5.33. The van der Waals surface area contributed by atoms with Gasteiger partial charge in [-0.05, 0) is 12.5 Å². The molecule has 1 aromatic heterocycles. The molecule has 16 heavy (non-hydrogen) atoms. The molecule has 0 atom stereocenters. The summed E-state index contributed by atoms with van der Waals surface area (Å²) in [6.07, 6.45) is 7.93. The van der Waals surface area contributed by atoms with Gasteiger partial charge < -0.3 is 9.84 Å². The van der Waals surface area contributed by atoms with Crippen LogP contribution in [0.3, 0.4) is 0 Å². The Morgan fingerprint density at radius 1 is 1.25 bits per heavy atom. The van der Waals surface area contributed by atoms with Gasteiger partial charge in [0.2, 0.25) is 0 Å². The second-order valence-electron chi connectivity index (χ2n) is 3.08. The fraction of sp³-hybridized carbons (Fsp3) is 0.545. The Balaban J connectivity index is 0.000000315. The maximum Gasteiger partial charge on any atom is 0.505 e. The molecule has 1 aromatic rings. The zero-order valence-electron chi connectivity index (χ0n) is 9.50. The summed E-state index contributed by atoms with van der Waals surface area (Å²) >= 11 is 0. The number of aromatic nitrogens is 2. The first-order chi connectivity index (χ1) is 7.77. The number of ether oxygens (including phenoxy) is 1. The third-order valence-corrected chi connectivity index (χ3v) is 1.70. The van der Waals surface area contributed by atoms with Crippen LogP contribution in [0.25, 0.3) is 0 Å². The summed E-state index contributed by atoms with van der Waals surface area (Å²) in [5.74, 6) is 0. The SMILES string of the molecule is CCCCCCOC(=O)O.c1cncnc1. The summed E-state index contributed by atoms with van der Waals surface area (Å²) in [6.45, 7) is 2.45. The van der Waals surface area contributed by atoms with Crippen molar-refractivity contribution in [1.29, 1.82) is 0 Å². The molecule has 0 amide bonds. The van der Waals surface area contributed by atoms with Gasteiger partial charge in [-0.3, -0.25) is 0 Å². The standard InChI is InChI=1S/C7H14O3.C4H4N2/c1-2-3-4-5-6-10-7(8)9;1-2-5-4-6-3-1/h2-6H2,1H3,(H,8,9);1-4H. The third-order valence-electron chi connectivity index (χ3n) is 1.70. The molecule has 1 rings (SSSR count). The van der Waals surface area contributed by atoms with Crippen LogP contribution in [-0.2, 0) is 4.74 Å². The summed E-state index contributed by atoms with van der Waals surface area (Å²) in [6, 6.07) is 1.78. The highest BCUT2D eigenvalue weighted by molar-refractivity contribution is 5.56. The predicted octanol–water partition coefficient (Wildman–Crippen LogP) is 2.74. The van der Waals surface area contributed by atoms with E-state index < -0.39 is 6.16 Å². The molecule has 5 nitrogen and oxygen atoms in total. The lowest BCUT2D eigenvalue weighted by atomic mass is 10.2. The van der Waals surface area contributed by atoms with E-state index in [-0.39, 0.29) is 0 Å². The number of carboxylic acid groups (broad SMARTS) is 1. The Bertz CT molecular complexity index is 228. The van der Waals surface area contributed by atoms with Crippen molar-refractivity contribution in [2.24, 2.45) is 0 Å². The molecule has 1 N–H and O–H groups in total. The van der Waals surface area contributed by atoms with Gasteiger partial charge in [0, 0.05) is 12.4 Å². The van der Waals surface area contributed by atoms with Gasteiger partial charge in [-0.1, -0.05) is 26.2 Å². The van der Waals surface area contributed by atoms with Gasteiger partial charge in [0.05, 0.1) is 6.61 Å². The molecule has 0 aromatic carbocycles. The Labute approximate surface area is 95.5 Å². The number of rotatable bonds is 5. The van der Waals surface area contributed by atoms with Gasteiger partial charge in [-0.2, -0.15) is 0 Å². The first-order valence-corrected chi connectivity index (χ1v) is 5.33. The van der Waals surface area contributed by atoms with Gasteiger partial charge in [0.25, 0.3) is 0 Å². The molecule has 0 spiro atoms. The minimum absolute atomic E-state index is 0.343. The van der Waals surface area contributed by atoms with Crippen LogP contribution in [0.1, 0.15) is 32.6 Å². The van der Waals surface area contributed by atoms with E-state index >= 15 is 0 Å². The molecule has 0 unspecified atom stereocenters. The first kappa shape index (κ1) is 14.3.